The van der Waals surface area contributed by atoms with Crippen LogP contribution in [0.3, 0.4) is 0 Å². The highest BCUT2D eigenvalue weighted by Crippen LogP contribution is 2.44. The first-order chi connectivity index (χ1) is 18.4. The molecule has 3 aromatic rings. The molecule has 6 nitrogen and oxygen atoms in total. The summed E-state index contributed by atoms with van der Waals surface area (Å²) in [5.41, 5.74) is 6.38. The predicted molar refractivity (Wildman–Crippen MR) is 134 cm³/mol. The third-order valence-corrected chi connectivity index (χ3v) is 7.24. The molecule has 0 spiro atoms. The van der Waals surface area contributed by atoms with Crippen molar-refractivity contribution in [1.82, 2.24) is 9.88 Å². The number of benzene rings is 2. The molecule has 3 heterocycles. The van der Waals surface area contributed by atoms with Crippen LogP contribution in [0.5, 0.6) is 5.88 Å². The van der Waals surface area contributed by atoms with Crippen LogP contribution in [0.4, 0.5) is 18.0 Å². The molecule has 1 aromatic heterocycles. The highest BCUT2D eigenvalue weighted by molar-refractivity contribution is 5.79. The first-order valence-electron chi connectivity index (χ1n) is 12.4. The first-order valence-corrected chi connectivity index (χ1v) is 12.4. The molecule has 9 heteroatoms. The fourth-order valence-electron chi connectivity index (χ4n) is 5.57. The number of alkyl halides is 3. The number of pyridine rings is 1. The van der Waals surface area contributed by atoms with Gasteiger partial charge in [0.05, 0.1) is 25.3 Å². The molecule has 0 N–H and O–H groups in total. The maximum Gasteiger partial charge on any atom is 0.422 e. The second kappa shape index (κ2) is 9.79. The van der Waals surface area contributed by atoms with Gasteiger partial charge in [0.25, 0.3) is 0 Å². The number of hydrogen-bond donors (Lipinski definition) is 0. The number of amides is 1. The van der Waals surface area contributed by atoms with E-state index >= 15 is 0 Å². The first kappa shape index (κ1) is 24.5. The molecule has 3 aliphatic rings. The molecule has 196 valence electrons. The zero-order valence-electron chi connectivity index (χ0n) is 20.4. The summed E-state index contributed by atoms with van der Waals surface area (Å²) in [7, 11) is 0. The van der Waals surface area contributed by atoms with E-state index in [1.165, 1.54) is 23.4 Å². The van der Waals surface area contributed by atoms with Gasteiger partial charge < -0.3 is 14.2 Å². The minimum atomic E-state index is -4.42. The average Bonchev–Trinajstić information content (AvgIpc) is 3.23. The molecule has 6 rings (SSSR count). The van der Waals surface area contributed by atoms with Crippen LogP contribution in [0, 0.1) is 0 Å². The van der Waals surface area contributed by atoms with E-state index in [1.807, 2.05) is 30.3 Å². The van der Waals surface area contributed by atoms with Crippen molar-refractivity contribution >= 4 is 11.7 Å². The zero-order chi connectivity index (χ0) is 26.3. The lowest BCUT2D eigenvalue weighted by Gasteiger charge is -2.43. The van der Waals surface area contributed by atoms with Crippen LogP contribution < -0.4 is 4.74 Å². The van der Waals surface area contributed by atoms with Crippen molar-refractivity contribution in [2.24, 2.45) is 0 Å². The van der Waals surface area contributed by atoms with Crippen LogP contribution in [0.15, 0.2) is 72.9 Å². The second-order valence-corrected chi connectivity index (χ2v) is 9.65. The van der Waals surface area contributed by atoms with Gasteiger partial charge in [-0.3, -0.25) is 4.90 Å². The van der Waals surface area contributed by atoms with Gasteiger partial charge in [-0.1, -0.05) is 54.6 Å². The smallest absolute Gasteiger partial charge is 0.422 e. The van der Waals surface area contributed by atoms with Crippen LogP contribution in [-0.2, 0) is 9.47 Å². The Labute approximate surface area is 217 Å². The van der Waals surface area contributed by atoms with Crippen molar-refractivity contribution in [2.75, 3.05) is 26.4 Å². The van der Waals surface area contributed by atoms with Crippen LogP contribution in [0.1, 0.15) is 29.0 Å². The summed E-state index contributed by atoms with van der Waals surface area (Å²) >= 11 is 0. The van der Waals surface area contributed by atoms with Gasteiger partial charge in [-0.15, -0.1) is 0 Å². The molecule has 2 aromatic carbocycles. The van der Waals surface area contributed by atoms with E-state index in [0.29, 0.717) is 19.6 Å². The van der Waals surface area contributed by atoms with E-state index in [4.69, 9.17) is 14.2 Å². The average molecular weight is 523 g/mol. The molecule has 2 atom stereocenters. The molecule has 1 fully saturated rings. The fourth-order valence-corrected chi connectivity index (χ4v) is 5.57. The van der Waals surface area contributed by atoms with Gasteiger partial charge in [-0.25, -0.2) is 9.78 Å². The highest BCUT2D eigenvalue weighted by atomic mass is 19.4. The summed E-state index contributed by atoms with van der Waals surface area (Å²) in [6, 6.07) is 19.0. The Morgan fingerprint density at radius 2 is 1.71 bits per heavy atom. The minimum absolute atomic E-state index is 0.0255. The molecule has 38 heavy (non-hydrogen) atoms. The van der Waals surface area contributed by atoms with Crippen LogP contribution in [0.25, 0.3) is 16.7 Å². The van der Waals surface area contributed by atoms with E-state index in [1.54, 1.807) is 11.0 Å². The van der Waals surface area contributed by atoms with Gasteiger partial charge in [-0.2, -0.15) is 13.2 Å². The molecule has 2 unspecified atom stereocenters. The third-order valence-electron chi connectivity index (χ3n) is 7.24. The van der Waals surface area contributed by atoms with Gasteiger partial charge >= 0.3 is 12.3 Å². The van der Waals surface area contributed by atoms with Crippen molar-refractivity contribution in [3.63, 3.8) is 0 Å². The molecule has 2 aliphatic heterocycles. The molecule has 1 amide bonds. The highest BCUT2D eigenvalue weighted by Gasteiger charge is 2.40. The summed E-state index contributed by atoms with van der Waals surface area (Å²) in [5.74, 6) is -0.117. The maximum atomic E-state index is 13.3. The van der Waals surface area contributed by atoms with Gasteiger partial charge in [-0.05, 0) is 45.9 Å². The summed E-state index contributed by atoms with van der Waals surface area (Å²) in [6.07, 6.45) is -0.840. The van der Waals surface area contributed by atoms with E-state index in [2.05, 4.69) is 29.2 Å². The molecule has 0 saturated carbocycles. The number of nitrogens with zero attached hydrogens (tertiary/aromatic N) is 2. The Morgan fingerprint density at radius 1 is 1.00 bits per heavy atom. The van der Waals surface area contributed by atoms with Gasteiger partial charge in [0, 0.05) is 18.2 Å². The quantitative estimate of drug-likeness (QED) is 0.422. The van der Waals surface area contributed by atoms with Crippen LogP contribution in [0.2, 0.25) is 0 Å². The fraction of sp³-hybridized carbons (Fsp3) is 0.310. The van der Waals surface area contributed by atoms with Crippen LogP contribution in [-0.4, -0.2) is 60.7 Å². The Hall–Kier alpha value is -3.85. The number of carbonyl (C=O) groups is 1. The zero-order valence-corrected chi connectivity index (χ0v) is 20.4. The summed E-state index contributed by atoms with van der Waals surface area (Å²) in [5, 5.41) is 0. The van der Waals surface area contributed by atoms with E-state index in [0.717, 1.165) is 22.3 Å². The van der Waals surface area contributed by atoms with Crippen molar-refractivity contribution in [3.8, 4) is 17.0 Å². The standard InChI is InChI=1S/C29H25F3N2O4/c30-29(31,32)17-38-27-10-9-18(13-33-27)19-11-20-14-36-15-21(12-19)34(20)28(35)37-16-26-24-7-3-1-5-22(24)23-6-2-4-8-25(23)26/h1-11,13,20-21,26H,12,14-17H2. The Bertz CT molecular complexity index is 1330. The molecular weight excluding hydrogens is 497 g/mol. The molecule has 1 aliphatic carbocycles. The van der Waals surface area contributed by atoms with Crippen molar-refractivity contribution < 1.29 is 32.2 Å². The summed E-state index contributed by atoms with van der Waals surface area (Å²) in [6.45, 7) is -0.440. The lowest BCUT2D eigenvalue weighted by atomic mass is 9.91. The third kappa shape index (κ3) is 4.74. The number of morpholine rings is 1. The minimum Gasteiger partial charge on any atom is -0.468 e. The van der Waals surface area contributed by atoms with Gasteiger partial charge in [0.2, 0.25) is 5.88 Å². The normalized spacial score (nSPS) is 20.4. The number of fused-ring (bicyclic) bond motifs is 5. The topological polar surface area (TPSA) is 60.9 Å². The predicted octanol–water partition coefficient (Wildman–Crippen LogP) is 5.83. The van der Waals surface area contributed by atoms with Crippen molar-refractivity contribution in [1.29, 1.82) is 0 Å². The lowest BCUT2D eigenvalue weighted by molar-refractivity contribution is -0.154. The number of carbonyl (C=O) groups excluding carboxylic acids is 1. The molecule has 2 bridgehead atoms. The van der Waals surface area contributed by atoms with E-state index in [-0.39, 0.29) is 36.6 Å². The van der Waals surface area contributed by atoms with E-state index < -0.39 is 12.8 Å². The second-order valence-electron chi connectivity index (χ2n) is 9.65. The Morgan fingerprint density at radius 3 is 2.34 bits per heavy atom. The van der Waals surface area contributed by atoms with E-state index in [9.17, 15) is 18.0 Å². The molecule has 1 saturated heterocycles. The van der Waals surface area contributed by atoms with Gasteiger partial charge in [0.1, 0.15) is 6.61 Å². The van der Waals surface area contributed by atoms with Crippen LogP contribution >= 0.6 is 0 Å². The van der Waals surface area contributed by atoms with Crippen molar-refractivity contribution in [2.45, 2.75) is 30.6 Å². The van der Waals surface area contributed by atoms with Crippen molar-refractivity contribution in [3.05, 3.63) is 89.6 Å². The molecular formula is C29H25F3N2O4. The SMILES string of the molecule is O=C(OCC1c2ccccc2-c2ccccc21)N1C2C=C(c3ccc(OCC(F)(F)F)nc3)CC1COC2. The lowest BCUT2D eigenvalue weighted by Crippen LogP contribution is -2.56. The largest absolute Gasteiger partial charge is 0.468 e. The molecule has 0 radical (unpaired) electrons. The van der Waals surface area contributed by atoms with Gasteiger partial charge in [0.15, 0.2) is 6.61 Å². The summed E-state index contributed by atoms with van der Waals surface area (Å²) in [4.78, 5) is 19.1. The number of ether oxygens (including phenoxy) is 3. The maximum absolute atomic E-state index is 13.3. The number of rotatable bonds is 5. The number of halogens is 3. The Kier molecular flexibility index (Phi) is 6.31. The number of aromatic nitrogens is 1. The summed E-state index contributed by atoms with van der Waals surface area (Å²) < 4.78 is 53.5. The Balaban J connectivity index is 1.15. The number of hydrogen-bond acceptors (Lipinski definition) is 5. The monoisotopic (exact) mass is 522 g/mol.